The zero-order chi connectivity index (χ0) is 100.0. The van der Waals surface area contributed by atoms with Crippen LogP contribution in [0.25, 0.3) is 9.69 Å². The Balaban J connectivity index is 0.000000263. The second-order valence-corrected chi connectivity index (χ2v) is 42.6. The average molecular weight is 1880 g/mol. The number of carbonyl (C=O) groups excluding carboxylic acids is 9. The van der Waals surface area contributed by atoms with E-state index >= 15 is 0 Å². The highest BCUT2D eigenvalue weighted by Crippen LogP contribution is 2.52. The number of rotatable bonds is 30. The molecule has 3 N–H and O–H groups in total. The number of ether oxygens (including phenoxy) is 6. The Kier molecular flexibility index (Phi) is 33.8. The first kappa shape index (κ1) is 104. The van der Waals surface area contributed by atoms with Gasteiger partial charge in [0.2, 0.25) is 0 Å². The van der Waals surface area contributed by atoms with Gasteiger partial charge in [-0.15, -0.1) is 0 Å². The minimum atomic E-state index is -1.30. The third-order valence-electron chi connectivity index (χ3n) is 27.8. The molecule has 0 bridgehead atoms. The molecular formula is C104H128N12O21. The molecular weight excluding hydrogens is 1750 g/mol. The Hall–Kier alpha value is -13.1. The number of carbonyl (C=O) groups is 12. The Morgan fingerprint density at radius 1 is 0.299 bits per heavy atom. The molecule has 6 aliphatic carbocycles. The summed E-state index contributed by atoms with van der Waals surface area (Å²) in [6.45, 7) is 44.2. The largest absolute Gasteiger partial charge is 0.478 e. The summed E-state index contributed by atoms with van der Waals surface area (Å²) in [7, 11) is 0. The number of carboxylic acid groups (broad SMARTS) is 3. The highest BCUT2D eigenvalue weighted by atomic mass is 16.6. The van der Waals surface area contributed by atoms with Crippen molar-refractivity contribution in [3.63, 3.8) is 0 Å². The van der Waals surface area contributed by atoms with Crippen molar-refractivity contribution in [3.05, 3.63) is 158 Å². The fraction of sp³-hybridized carbons (Fsp3) is 0.596. The minimum Gasteiger partial charge on any atom is -0.478 e. The van der Waals surface area contributed by atoms with E-state index in [4.69, 9.17) is 41.6 Å². The smallest absolute Gasteiger partial charge is 0.349 e. The van der Waals surface area contributed by atoms with Crippen molar-refractivity contribution in [1.29, 1.82) is 21.0 Å². The molecule has 0 aromatic heterocycles. The van der Waals surface area contributed by atoms with Crippen LogP contribution < -0.4 is 0 Å². The van der Waals surface area contributed by atoms with Crippen LogP contribution in [0.5, 0.6) is 0 Å². The molecule has 0 amide bonds. The lowest BCUT2D eigenvalue weighted by molar-refractivity contribution is -0.150. The van der Waals surface area contributed by atoms with Crippen molar-refractivity contribution in [1.82, 2.24) is 29.4 Å². The topological polar surface area (TPSA) is 444 Å². The summed E-state index contributed by atoms with van der Waals surface area (Å²) in [5, 5.41) is 73.2. The molecule has 6 aliphatic heterocycles. The van der Waals surface area contributed by atoms with E-state index in [1.807, 2.05) is 122 Å². The van der Waals surface area contributed by atoms with Crippen molar-refractivity contribution in [2.24, 2.45) is 44.3 Å². The van der Waals surface area contributed by atoms with E-state index < -0.39 is 149 Å². The SMILES string of the molecule is [C-]#[N+]/C(C(=O)OCC(COC(=O)/C(C#N)=C1\CC(C)(C)CC(N2CCCC2)=C1C(=O)O)COC(=O)/C(C#N)=C1\CC(C)(C)CC(N2CCCC2)=C1C(=O)O)=C1/CC(C)(C)CC(N2CCCC2)=C1C(=O)O.[C-]#[N+]/C(C(=O)OCC(COC(=O)/C(C#N)=C1\CC(C)(C)CC(N2CCCC2)=C1C=O)COC(=O)/C(C#N)=C1\CC(C)(C)CC(N2CCCC2)=C1C=O)=C1/CC(C)(C)CC(N2CCCC2)=C1C=O. The summed E-state index contributed by atoms with van der Waals surface area (Å²) in [5.41, 5.74) is -0.300. The number of aldehydes is 3. The van der Waals surface area contributed by atoms with Gasteiger partial charge in [0, 0.05) is 129 Å². The van der Waals surface area contributed by atoms with E-state index in [-0.39, 0.29) is 122 Å². The van der Waals surface area contributed by atoms with Gasteiger partial charge in [-0.2, -0.15) is 21.0 Å². The number of hydrogen-bond acceptors (Lipinski definition) is 28. The summed E-state index contributed by atoms with van der Waals surface area (Å²) >= 11 is 0. The fourth-order valence-corrected chi connectivity index (χ4v) is 21.4. The quantitative estimate of drug-likeness (QED) is 0.0150. The number of nitrogens with zero attached hydrogens (tertiary/aromatic N) is 12. The Morgan fingerprint density at radius 3 is 0.708 bits per heavy atom. The van der Waals surface area contributed by atoms with Crippen molar-refractivity contribution < 1.29 is 101 Å². The van der Waals surface area contributed by atoms with E-state index in [0.717, 1.165) is 133 Å². The third-order valence-corrected chi connectivity index (χ3v) is 27.8. The third kappa shape index (κ3) is 24.8. The first-order valence-corrected chi connectivity index (χ1v) is 47.6. The van der Waals surface area contributed by atoms with Crippen LogP contribution in [-0.2, 0) is 86.0 Å². The lowest BCUT2D eigenvalue weighted by Crippen LogP contribution is -2.34. The van der Waals surface area contributed by atoms with Crippen LogP contribution in [0.3, 0.4) is 0 Å². The summed E-state index contributed by atoms with van der Waals surface area (Å²) in [6.07, 6.45) is 16.9. The molecule has 12 rings (SSSR count). The second kappa shape index (κ2) is 44.3. The van der Waals surface area contributed by atoms with E-state index in [1.165, 1.54) is 0 Å². The average Bonchev–Trinajstić information content (AvgIpc) is 1.67. The maximum Gasteiger partial charge on any atom is 0.349 e. The molecule has 0 aromatic rings. The fourth-order valence-electron chi connectivity index (χ4n) is 21.4. The zero-order valence-corrected chi connectivity index (χ0v) is 81.1. The van der Waals surface area contributed by atoms with Crippen LogP contribution >= 0.6 is 0 Å². The number of esters is 6. The summed E-state index contributed by atoms with van der Waals surface area (Å²) in [6, 6.07) is 7.67. The van der Waals surface area contributed by atoms with Gasteiger partial charge in [0.05, 0.1) is 54.9 Å². The van der Waals surface area contributed by atoms with Gasteiger partial charge in [0.15, 0.2) is 18.9 Å². The maximum absolute atomic E-state index is 14.0. The van der Waals surface area contributed by atoms with Gasteiger partial charge in [0.1, 0.15) is 73.0 Å². The molecule has 0 spiro atoms. The van der Waals surface area contributed by atoms with Gasteiger partial charge < -0.3 is 73.1 Å². The number of hydrogen-bond donors (Lipinski definition) is 3. The Bertz CT molecular complexity index is 5050. The number of aliphatic carboxylic acids is 3. The van der Waals surface area contributed by atoms with Gasteiger partial charge in [-0.05, 0) is 220 Å². The summed E-state index contributed by atoms with van der Waals surface area (Å²) < 4.78 is 34.3. The molecule has 33 heteroatoms. The highest BCUT2D eigenvalue weighted by molar-refractivity contribution is 6.04. The van der Waals surface area contributed by atoms with Gasteiger partial charge in [-0.25, -0.2) is 43.3 Å². The number of nitriles is 4. The standard InChI is InChI=1S/C52H64N6O12.C52H64N6O9/c1-50(2)20-32(40(44(59)60)37(23-50)56-14-8-9-15-56)35(26-53)47(65)68-28-31(29-69-48(66)36(27-54)33-21-51(3,4)24-38(41(33)45(61)62)57-16-10-11-17-57)30-70-49(67)43(55-7)34-22-52(5,6)25-39(42(34)46(63)64)58-18-12-13-19-58;1-50(2)20-35(40(28-59)43(23-50)56-14-8-9-15-56)38(26-53)47(62)65-31-34(32-66-48(63)39(27-54)36-21-51(3,4)24-44(41(36)29-60)57-16-10-11-17-57)33-67-49(64)46(55-7)37-22-52(5,6)25-45(42(37)30-61)58-18-12-13-19-58/h31H,8-25,28-30H2,1-6H3,(H,59,60)(H,61,62)(H,63,64);28-30,34H,8-25,31-33H2,1-6H3/b35-32+,36-33+,43-34-;38-35+,39-36+,46-37-. The van der Waals surface area contributed by atoms with E-state index in [2.05, 4.69) is 24.4 Å². The van der Waals surface area contributed by atoms with E-state index in [9.17, 15) is 93.9 Å². The summed E-state index contributed by atoms with van der Waals surface area (Å²) in [4.78, 5) is 180. The van der Waals surface area contributed by atoms with Crippen LogP contribution in [0, 0.1) is 103 Å². The maximum atomic E-state index is 14.0. The molecule has 0 saturated carbocycles. The number of carboxylic acids is 3. The molecule has 6 heterocycles. The molecule has 12 aliphatic rings. The van der Waals surface area contributed by atoms with Crippen LogP contribution in [0.15, 0.2) is 135 Å². The lowest BCUT2D eigenvalue weighted by Gasteiger charge is -2.38. The second-order valence-electron chi connectivity index (χ2n) is 42.6. The lowest BCUT2D eigenvalue weighted by atomic mass is 9.72. The first-order valence-electron chi connectivity index (χ1n) is 47.6. The van der Waals surface area contributed by atoms with E-state index in [1.54, 1.807) is 0 Å². The zero-order valence-electron chi connectivity index (χ0n) is 81.1. The number of likely N-dealkylation sites (tertiary alicyclic amines) is 6. The van der Waals surface area contributed by atoms with Gasteiger partial charge >= 0.3 is 53.7 Å². The van der Waals surface area contributed by atoms with E-state index in [0.29, 0.717) is 119 Å². The van der Waals surface area contributed by atoms with Crippen molar-refractivity contribution >= 4 is 72.6 Å². The molecule has 0 aromatic carbocycles. The van der Waals surface area contributed by atoms with Crippen LogP contribution in [0.2, 0.25) is 0 Å². The molecule has 137 heavy (non-hydrogen) atoms. The van der Waals surface area contributed by atoms with Crippen molar-refractivity contribution in [3.8, 4) is 24.3 Å². The molecule has 0 radical (unpaired) electrons. The predicted molar refractivity (Wildman–Crippen MR) is 497 cm³/mol. The van der Waals surface area contributed by atoms with Crippen molar-refractivity contribution in [2.45, 2.75) is 237 Å². The van der Waals surface area contributed by atoms with Gasteiger partial charge in [-0.1, -0.05) is 83.1 Å². The molecule has 6 saturated heterocycles. The van der Waals surface area contributed by atoms with Crippen molar-refractivity contribution in [2.75, 3.05) is 118 Å². The molecule has 0 unspecified atom stereocenters. The highest BCUT2D eigenvalue weighted by Gasteiger charge is 2.47. The van der Waals surface area contributed by atoms with Gasteiger partial charge in [-0.3, -0.25) is 24.0 Å². The minimum absolute atomic E-state index is 0.00292. The predicted octanol–water partition coefficient (Wildman–Crippen LogP) is 14.0. The number of allylic oxidation sites excluding steroid dienone is 12. The van der Waals surface area contributed by atoms with Crippen LogP contribution in [-0.4, -0.2) is 235 Å². The molecule has 33 nitrogen and oxygen atoms in total. The molecule has 730 valence electrons. The molecule has 0 atom stereocenters. The monoisotopic (exact) mass is 1880 g/mol. The first-order chi connectivity index (χ1) is 64.9. The van der Waals surface area contributed by atoms with Gasteiger partial charge in [0.25, 0.3) is 11.4 Å². The molecule has 6 fully saturated rings. The van der Waals surface area contributed by atoms with Crippen LogP contribution in [0.1, 0.15) is 237 Å². The normalized spacial score (nSPS) is 23.3. The Labute approximate surface area is 801 Å². The summed E-state index contributed by atoms with van der Waals surface area (Å²) in [5.74, 6) is -12.9. The van der Waals surface area contributed by atoms with Crippen LogP contribution in [0.4, 0.5) is 0 Å². The Morgan fingerprint density at radius 2 is 0.482 bits per heavy atom.